The van der Waals surface area contributed by atoms with Gasteiger partial charge in [0.2, 0.25) is 0 Å². The quantitative estimate of drug-likeness (QED) is 0.892. The van der Waals surface area contributed by atoms with E-state index in [1.165, 1.54) is 18.5 Å². The zero-order valence-electron chi connectivity index (χ0n) is 9.94. The molecule has 0 amide bonds. The van der Waals surface area contributed by atoms with Crippen LogP contribution in [0.2, 0.25) is 0 Å². The number of hydrogen-bond donors (Lipinski definition) is 2. The van der Waals surface area contributed by atoms with Crippen LogP contribution in [0.15, 0.2) is 24.3 Å². The molecule has 98 valence electrons. The summed E-state index contributed by atoms with van der Waals surface area (Å²) >= 11 is 0. The summed E-state index contributed by atoms with van der Waals surface area (Å²) in [6, 6.07) is 8.73. The highest BCUT2D eigenvalue weighted by Gasteiger charge is 2.11. The molecule has 1 aliphatic heterocycles. The number of rotatable bonds is 3. The highest BCUT2D eigenvalue weighted by molar-refractivity contribution is 5.85. The average Bonchev–Trinajstić information content (AvgIpc) is 2.31. The van der Waals surface area contributed by atoms with Gasteiger partial charge in [0.25, 0.3) is 0 Å². The van der Waals surface area contributed by atoms with Crippen molar-refractivity contribution in [2.75, 3.05) is 25.5 Å². The lowest BCUT2D eigenvalue weighted by Crippen LogP contribution is -2.35. The van der Waals surface area contributed by atoms with Gasteiger partial charge < -0.3 is 15.4 Å². The maximum absolute atomic E-state index is 5.12. The van der Waals surface area contributed by atoms with Crippen LogP contribution in [0.5, 0.6) is 5.75 Å². The Hall–Kier alpha value is -0.640. The highest BCUT2D eigenvalue weighted by atomic mass is 35.5. The molecule has 1 aliphatic rings. The van der Waals surface area contributed by atoms with Crippen molar-refractivity contribution in [3.05, 3.63) is 24.3 Å². The van der Waals surface area contributed by atoms with Gasteiger partial charge in [-0.1, -0.05) is 0 Å². The Morgan fingerprint density at radius 2 is 1.71 bits per heavy atom. The molecule has 0 saturated carbocycles. The lowest BCUT2D eigenvalue weighted by atomic mass is 10.1. The van der Waals surface area contributed by atoms with E-state index < -0.39 is 0 Å². The molecule has 0 bridgehead atoms. The van der Waals surface area contributed by atoms with E-state index in [0.717, 1.165) is 18.8 Å². The SMILES string of the molecule is COc1ccc(NC2CCNCC2)cc1.Cl.Cl. The van der Waals surface area contributed by atoms with Crippen LogP contribution in [-0.2, 0) is 0 Å². The third-order valence-electron chi connectivity index (χ3n) is 2.80. The summed E-state index contributed by atoms with van der Waals surface area (Å²) in [7, 11) is 1.69. The van der Waals surface area contributed by atoms with Crippen LogP contribution in [0.25, 0.3) is 0 Å². The normalized spacial score (nSPS) is 15.4. The minimum Gasteiger partial charge on any atom is -0.497 e. The van der Waals surface area contributed by atoms with Crippen LogP contribution < -0.4 is 15.4 Å². The monoisotopic (exact) mass is 278 g/mol. The minimum atomic E-state index is 0. The van der Waals surface area contributed by atoms with Crippen molar-refractivity contribution in [2.45, 2.75) is 18.9 Å². The zero-order chi connectivity index (χ0) is 10.5. The fourth-order valence-electron chi connectivity index (χ4n) is 1.89. The van der Waals surface area contributed by atoms with Gasteiger partial charge in [0.05, 0.1) is 7.11 Å². The van der Waals surface area contributed by atoms with Crippen LogP contribution in [-0.4, -0.2) is 26.2 Å². The van der Waals surface area contributed by atoms with Gasteiger partial charge in [0, 0.05) is 11.7 Å². The molecular formula is C12H20Cl2N2O. The van der Waals surface area contributed by atoms with Crippen molar-refractivity contribution in [1.29, 1.82) is 0 Å². The number of piperidine rings is 1. The predicted molar refractivity (Wildman–Crippen MR) is 77.0 cm³/mol. The van der Waals surface area contributed by atoms with Gasteiger partial charge in [-0.2, -0.15) is 0 Å². The Labute approximate surface area is 115 Å². The second-order valence-corrected chi connectivity index (χ2v) is 3.90. The topological polar surface area (TPSA) is 33.3 Å². The molecule has 0 atom stereocenters. The summed E-state index contributed by atoms with van der Waals surface area (Å²) < 4.78 is 5.12. The smallest absolute Gasteiger partial charge is 0.119 e. The molecule has 3 nitrogen and oxygen atoms in total. The molecule has 0 unspecified atom stereocenters. The fraction of sp³-hybridized carbons (Fsp3) is 0.500. The third kappa shape index (κ3) is 5.02. The second-order valence-electron chi connectivity index (χ2n) is 3.90. The first-order valence-corrected chi connectivity index (χ1v) is 5.50. The van der Waals surface area contributed by atoms with E-state index in [-0.39, 0.29) is 24.8 Å². The van der Waals surface area contributed by atoms with Gasteiger partial charge in [0.15, 0.2) is 0 Å². The lowest BCUT2D eigenvalue weighted by Gasteiger charge is -2.24. The molecule has 1 aromatic carbocycles. The molecule has 2 N–H and O–H groups in total. The molecule has 1 saturated heterocycles. The Morgan fingerprint density at radius 3 is 2.24 bits per heavy atom. The van der Waals surface area contributed by atoms with E-state index >= 15 is 0 Å². The first-order chi connectivity index (χ1) is 7.38. The van der Waals surface area contributed by atoms with Gasteiger partial charge in [-0.05, 0) is 50.2 Å². The Bertz CT molecular complexity index is 300. The molecule has 2 rings (SSSR count). The van der Waals surface area contributed by atoms with Crippen LogP contribution in [0, 0.1) is 0 Å². The largest absolute Gasteiger partial charge is 0.497 e. The number of methoxy groups -OCH3 is 1. The summed E-state index contributed by atoms with van der Waals surface area (Å²) in [5, 5.41) is 6.90. The number of halogens is 2. The lowest BCUT2D eigenvalue weighted by molar-refractivity contribution is 0.415. The van der Waals surface area contributed by atoms with Crippen molar-refractivity contribution in [1.82, 2.24) is 5.32 Å². The molecule has 5 heteroatoms. The van der Waals surface area contributed by atoms with E-state index in [0.29, 0.717) is 6.04 Å². The van der Waals surface area contributed by atoms with E-state index in [9.17, 15) is 0 Å². The molecule has 1 fully saturated rings. The predicted octanol–water partition coefficient (Wildman–Crippen LogP) is 2.70. The molecule has 17 heavy (non-hydrogen) atoms. The van der Waals surface area contributed by atoms with Gasteiger partial charge >= 0.3 is 0 Å². The van der Waals surface area contributed by atoms with Gasteiger partial charge in [0.1, 0.15) is 5.75 Å². The molecule has 1 aromatic rings. The van der Waals surface area contributed by atoms with Crippen LogP contribution >= 0.6 is 24.8 Å². The van der Waals surface area contributed by atoms with Crippen LogP contribution in [0.4, 0.5) is 5.69 Å². The maximum atomic E-state index is 5.12. The van der Waals surface area contributed by atoms with Crippen LogP contribution in [0.3, 0.4) is 0 Å². The fourth-order valence-corrected chi connectivity index (χ4v) is 1.89. The summed E-state index contributed by atoms with van der Waals surface area (Å²) in [4.78, 5) is 0. The zero-order valence-corrected chi connectivity index (χ0v) is 11.6. The van der Waals surface area contributed by atoms with Crippen LogP contribution in [0.1, 0.15) is 12.8 Å². The Morgan fingerprint density at radius 1 is 1.12 bits per heavy atom. The van der Waals surface area contributed by atoms with Gasteiger partial charge in [-0.25, -0.2) is 0 Å². The van der Waals surface area contributed by atoms with Crippen molar-refractivity contribution in [3.63, 3.8) is 0 Å². The number of ether oxygens (including phenoxy) is 1. The van der Waals surface area contributed by atoms with Crippen molar-refractivity contribution >= 4 is 30.5 Å². The molecule has 0 spiro atoms. The molecular weight excluding hydrogens is 259 g/mol. The van der Waals surface area contributed by atoms with Gasteiger partial charge in [-0.15, -0.1) is 24.8 Å². The van der Waals surface area contributed by atoms with E-state index in [1.807, 2.05) is 12.1 Å². The summed E-state index contributed by atoms with van der Waals surface area (Å²) in [6.45, 7) is 2.24. The van der Waals surface area contributed by atoms with Gasteiger partial charge in [-0.3, -0.25) is 0 Å². The maximum Gasteiger partial charge on any atom is 0.119 e. The summed E-state index contributed by atoms with van der Waals surface area (Å²) in [6.07, 6.45) is 2.40. The Kier molecular flexibility index (Phi) is 8.13. The van der Waals surface area contributed by atoms with E-state index in [2.05, 4.69) is 22.8 Å². The summed E-state index contributed by atoms with van der Waals surface area (Å²) in [5.74, 6) is 0.908. The van der Waals surface area contributed by atoms with Crippen molar-refractivity contribution in [2.24, 2.45) is 0 Å². The van der Waals surface area contributed by atoms with Crippen molar-refractivity contribution < 1.29 is 4.74 Å². The number of anilines is 1. The number of benzene rings is 1. The highest BCUT2D eigenvalue weighted by Crippen LogP contribution is 2.17. The first-order valence-electron chi connectivity index (χ1n) is 5.50. The average molecular weight is 279 g/mol. The Balaban J connectivity index is 0.00000128. The molecule has 0 radical (unpaired) electrons. The number of nitrogens with one attached hydrogen (secondary N) is 2. The standard InChI is InChI=1S/C12H18N2O.2ClH/c1-15-12-4-2-10(3-5-12)14-11-6-8-13-9-7-11;;/h2-5,11,13-14H,6-9H2,1H3;2*1H. The van der Waals surface area contributed by atoms with E-state index in [1.54, 1.807) is 7.11 Å². The molecule has 0 aliphatic carbocycles. The number of hydrogen-bond acceptors (Lipinski definition) is 3. The van der Waals surface area contributed by atoms with Crippen molar-refractivity contribution in [3.8, 4) is 5.75 Å². The van der Waals surface area contributed by atoms with E-state index in [4.69, 9.17) is 4.74 Å². The first kappa shape index (κ1) is 16.4. The summed E-state index contributed by atoms with van der Waals surface area (Å²) in [5.41, 5.74) is 1.18. The minimum absolute atomic E-state index is 0. The molecule has 0 aromatic heterocycles. The molecule has 1 heterocycles. The third-order valence-corrected chi connectivity index (χ3v) is 2.80. The second kappa shape index (κ2) is 8.45.